The van der Waals surface area contributed by atoms with E-state index in [2.05, 4.69) is 92.7 Å². The second kappa shape index (κ2) is 5.97. The topological polar surface area (TPSA) is 0 Å². The minimum Gasteiger partial charge on any atom is -0.0622 e. The van der Waals surface area contributed by atoms with Crippen LogP contribution in [0, 0.1) is 0 Å². The van der Waals surface area contributed by atoms with Crippen LogP contribution in [-0.4, -0.2) is 0 Å². The second-order valence-corrected chi connectivity index (χ2v) is 5.72. The van der Waals surface area contributed by atoms with Crippen molar-refractivity contribution in [2.75, 3.05) is 0 Å². The van der Waals surface area contributed by atoms with Crippen LogP contribution in [0.1, 0.15) is 25.3 Å². The molecular weight excluding hydrogens is 252 g/mol. The third kappa shape index (κ3) is 3.05. The molecule has 0 aliphatic rings. The number of hydrogen-bond acceptors (Lipinski definition) is 0. The van der Waals surface area contributed by atoms with E-state index in [4.69, 9.17) is 0 Å². The molecule has 0 aromatic heterocycles. The molecule has 0 amide bonds. The predicted octanol–water partition coefficient (Wildman–Crippen LogP) is 6.14. The summed E-state index contributed by atoms with van der Waals surface area (Å²) in [6.07, 6.45) is 0. The second-order valence-electron chi connectivity index (χ2n) is 5.72. The molecule has 3 rings (SSSR count). The standard InChI is InChI=1S/C21H20/c1-16(2)17-11-13-19(14-12-17)21-10-6-9-20(15-21)18-7-4-3-5-8-18/h3-16H,1-2H3. The summed E-state index contributed by atoms with van der Waals surface area (Å²) in [6, 6.07) is 28.2. The van der Waals surface area contributed by atoms with Crippen LogP contribution in [-0.2, 0) is 0 Å². The zero-order valence-electron chi connectivity index (χ0n) is 12.6. The summed E-state index contributed by atoms with van der Waals surface area (Å²) < 4.78 is 0. The molecule has 0 nitrogen and oxygen atoms in total. The Morgan fingerprint density at radius 2 is 1.05 bits per heavy atom. The Morgan fingerprint density at radius 1 is 0.524 bits per heavy atom. The molecule has 0 saturated carbocycles. The summed E-state index contributed by atoms with van der Waals surface area (Å²) in [5, 5.41) is 0. The van der Waals surface area contributed by atoms with Crippen molar-refractivity contribution < 1.29 is 0 Å². The summed E-state index contributed by atoms with van der Waals surface area (Å²) >= 11 is 0. The Balaban J connectivity index is 1.96. The van der Waals surface area contributed by atoms with Gasteiger partial charge in [-0.2, -0.15) is 0 Å². The molecule has 21 heavy (non-hydrogen) atoms. The molecular formula is C21H20. The zero-order chi connectivity index (χ0) is 14.7. The van der Waals surface area contributed by atoms with Crippen LogP contribution in [0.5, 0.6) is 0 Å². The predicted molar refractivity (Wildman–Crippen MR) is 91.4 cm³/mol. The van der Waals surface area contributed by atoms with E-state index in [-0.39, 0.29) is 0 Å². The van der Waals surface area contributed by atoms with Crippen molar-refractivity contribution in [1.82, 2.24) is 0 Å². The molecule has 0 atom stereocenters. The van der Waals surface area contributed by atoms with Gasteiger partial charge < -0.3 is 0 Å². The summed E-state index contributed by atoms with van der Waals surface area (Å²) in [4.78, 5) is 0. The van der Waals surface area contributed by atoms with Crippen molar-refractivity contribution in [2.24, 2.45) is 0 Å². The van der Waals surface area contributed by atoms with Gasteiger partial charge in [-0.1, -0.05) is 86.6 Å². The first-order valence-electron chi connectivity index (χ1n) is 7.50. The van der Waals surface area contributed by atoms with Crippen LogP contribution in [0.2, 0.25) is 0 Å². The van der Waals surface area contributed by atoms with Gasteiger partial charge in [0.05, 0.1) is 0 Å². The van der Waals surface area contributed by atoms with Gasteiger partial charge in [0.2, 0.25) is 0 Å². The van der Waals surface area contributed by atoms with E-state index in [1.54, 1.807) is 0 Å². The molecule has 0 heterocycles. The normalized spacial score (nSPS) is 10.8. The smallest absolute Gasteiger partial charge is 0.0178 e. The molecule has 0 saturated heterocycles. The molecule has 0 radical (unpaired) electrons. The number of benzene rings is 3. The molecule has 0 spiro atoms. The largest absolute Gasteiger partial charge is 0.0622 e. The molecule has 0 heteroatoms. The van der Waals surface area contributed by atoms with Crippen molar-refractivity contribution in [3.63, 3.8) is 0 Å². The highest BCUT2D eigenvalue weighted by Gasteiger charge is 2.03. The molecule has 0 aliphatic heterocycles. The van der Waals surface area contributed by atoms with E-state index in [0.717, 1.165) is 0 Å². The summed E-state index contributed by atoms with van der Waals surface area (Å²) in [5.74, 6) is 0.578. The molecule has 0 N–H and O–H groups in total. The third-order valence-electron chi connectivity index (χ3n) is 3.88. The molecule has 0 aliphatic carbocycles. The van der Waals surface area contributed by atoms with Crippen LogP contribution in [0.15, 0.2) is 78.9 Å². The minimum absolute atomic E-state index is 0.578. The first-order chi connectivity index (χ1) is 10.2. The van der Waals surface area contributed by atoms with Crippen LogP contribution in [0.4, 0.5) is 0 Å². The van der Waals surface area contributed by atoms with Crippen molar-refractivity contribution in [3.8, 4) is 22.3 Å². The first kappa shape index (κ1) is 13.6. The molecule has 104 valence electrons. The Hall–Kier alpha value is -2.34. The zero-order valence-corrected chi connectivity index (χ0v) is 12.6. The lowest BCUT2D eigenvalue weighted by Crippen LogP contribution is -1.87. The maximum absolute atomic E-state index is 2.26. The first-order valence-corrected chi connectivity index (χ1v) is 7.50. The molecule has 3 aromatic rings. The van der Waals surface area contributed by atoms with Crippen LogP contribution in [0.25, 0.3) is 22.3 Å². The van der Waals surface area contributed by atoms with Crippen molar-refractivity contribution >= 4 is 0 Å². The highest BCUT2D eigenvalue weighted by Crippen LogP contribution is 2.27. The maximum Gasteiger partial charge on any atom is -0.0178 e. The van der Waals surface area contributed by atoms with E-state index in [9.17, 15) is 0 Å². The van der Waals surface area contributed by atoms with Gasteiger partial charge in [0, 0.05) is 0 Å². The monoisotopic (exact) mass is 272 g/mol. The third-order valence-corrected chi connectivity index (χ3v) is 3.88. The molecule has 3 aromatic carbocycles. The fourth-order valence-electron chi connectivity index (χ4n) is 2.57. The van der Waals surface area contributed by atoms with Gasteiger partial charge in [-0.25, -0.2) is 0 Å². The van der Waals surface area contributed by atoms with Gasteiger partial charge in [0.1, 0.15) is 0 Å². The molecule has 0 fully saturated rings. The van der Waals surface area contributed by atoms with E-state index < -0.39 is 0 Å². The summed E-state index contributed by atoms with van der Waals surface area (Å²) in [7, 11) is 0. The van der Waals surface area contributed by atoms with Gasteiger partial charge in [-0.15, -0.1) is 0 Å². The van der Waals surface area contributed by atoms with Crippen LogP contribution >= 0.6 is 0 Å². The minimum atomic E-state index is 0.578. The average molecular weight is 272 g/mol. The van der Waals surface area contributed by atoms with Crippen molar-refractivity contribution in [1.29, 1.82) is 0 Å². The van der Waals surface area contributed by atoms with Gasteiger partial charge in [-0.05, 0) is 39.8 Å². The number of hydrogen-bond donors (Lipinski definition) is 0. The van der Waals surface area contributed by atoms with Crippen molar-refractivity contribution in [3.05, 3.63) is 84.4 Å². The Kier molecular flexibility index (Phi) is 3.87. The van der Waals surface area contributed by atoms with Gasteiger partial charge in [0.25, 0.3) is 0 Å². The highest BCUT2D eigenvalue weighted by molar-refractivity contribution is 5.73. The maximum atomic E-state index is 2.26. The fraction of sp³-hybridized carbons (Fsp3) is 0.143. The Labute approximate surface area is 127 Å². The van der Waals surface area contributed by atoms with Gasteiger partial charge in [0.15, 0.2) is 0 Å². The molecule has 0 unspecified atom stereocenters. The van der Waals surface area contributed by atoms with Gasteiger partial charge in [-0.3, -0.25) is 0 Å². The number of rotatable bonds is 3. The Morgan fingerprint density at radius 3 is 1.62 bits per heavy atom. The lowest BCUT2D eigenvalue weighted by atomic mass is 9.96. The summed E-state index contributed by atoms with van der Waals surface area (Å²) in [6.45, 7) is 4.45. The summed E-state index contributed by atoms with van der Waals surface area (Å²) in [5.41, 5.74) is 6.46. The lowest BCUT2D eigenvalue weighted by Gasteiger charge is -2.09. The van der Waals surface area contributed by atoms with E-state index >= 15 is 0 Å². The SMILES string of the molecule is CC(C)c1ccc(-c2cccc(-c3ccccc3)c2)cc1. The quantitative estimate of drug-likeness (QED) is 0.537. The van der Waals surface area contributed by atoms with Crippen LogP contribution in [0.3, 0.4) is 0 Å². The van der Waals surface area contributed by atoms with E-state index in [1.807, 2.05) is 0 Å². The average Bonchev–Trinajstić information content (AvgIpc) is 2.56. The van der Waals surface area contributed by atoms with Crippen LogP contribution < -0.4 is 0 Å². The Bertz CT molecular complexity index is 707. The van der Waals surface area contributed by atoms with Gasteiger partial charge >= 0.3 is 0 Å². The fourth-order valence-corrected chi connectivity index (χ4v) is 2.57. The van der Waals surface area contributed by atoms with E-state index in [0.29, 0.717) is 5.92 Å². The lowest BCUT2D eigenvalue weighted by molar-refractivity contribution is 0.867. The van der Waals surface area contributed by atoms with Crippen molar-refractivity contribution in [2.45, 2.75) is 19.8 Å². The molecule has 0 bridgehead atoms. The highest BCUT2D eigenvalue weighted by atomic mass is 14.1. The van der Waals surface area contributed by atoms with E-state index in [1.165, 1.54) is 27.8 Å².